The molecule has 2 N–H and O–H groups in total. The number of amides is 1. The van der Waals surface area contributed by atoms with Crippen molar-refractivity contribution in [2.24, 2.45) is 0 Å². The van der Waals surface area contributed by atoms with Crippen LogP contribution in [0.3, 0.4) is 0 Å². The van der Waals surface area contributed by atoms with E-state index in [9.17, 15) is 9.59 Å². The number of carboxylic acid groups (broad SMARTS) is 1. The minimum absolute atomic E-state index is 0.269. The van der Waals surface area contributed by atoms with Gasteiger partial charge >= 0.3 is 6.16 Å². The zero-order chi connectivity index (χ0) is 15.2. The molecule has 0 aromatic carbocycles. The normalized spacial score (nSPS) is 17.9. The summed E-state index contributed by atoms with van der Waals surface area (Å²) < 4.78 is 4.84. The van der Waals surface area contributed by atoms with Gasteiger partial charge < -0.3 is 9.84 Å². The highest BCUT2D eigenvalue weighted by molar-refractivity contribution is 7.15. The Morgan fingerprint density at radius 2 is 2.29 bits per heavy atom. The number of nitrogens with one attached hydrogen (secondary N) is 1. The topological polar surface area (TPSA) is 88.5 Å². The van der Waals surface area contributed by atoms with Crippen molar-refractivity contribution in [3.8, 4) is 0 Å². The Morgan fingerprint density at radius 1 is 1.48 bits per heavy atom. The number of hydrogen-bond acceptors (Lipinski definition) is 5. The fourth-order valence-corrected chi connectivity index (χ4v) is 3.13. The third-order valence-corrected chi connectivity index (χ3v) is 3.97. The molecule has 0 saturated heterocycles. The lowest BCUT2D eigenvalue weighted by Gasteiger charge is -2.19. The number of nitrogens with zero attached hydrogens (tertiary/aromatic N) is 1. The van der Waals surface area contributed by atoms with Crippen LogP contribution >= 0.6 is 11.3 Å². The predicted octanol–water partition coefficient (Wildman–Crippen LogP) is 3.29. The first-order valence-electron chi connectivity index (χ1n) is 6.59. The molecule has 2 rings (SSSR count). The Balaban J connectivity index is 2.08. The van der Waals surface area contributed by atoms with Gasteiger partial charge in [0, 0.05) is 11.0 Å². The van der Waals surface area contributed by atoms with Crippen LogP contribution in [0, 0.1) is 0 Å². The van der Waals surface area contributed by atoms with Gasteiger partial charge in [-0.1, -0.05) is 18.2 Å². The average Bonchev–Trinajstić information content (AvgIpc) is 2.82. The van der Waals surface area contributed by atoms with Crippen LogP contribution in [0.2, 0.25) is 0 Å². The summed E-state index contributed by atoms with van der Waals surface area (Å²) >= 11 is 1.37. The average molecular weight is 308 g/mol. The van der Waals surface area contributed by atoms with Gasteiger partial charge in [0.1, 0.15) is 6.10 Å². The van der Waals surface area contributed by atoms with E-state index in [-0.39, 0.29) is 5.91 Å². The molecule has 7 heteroatoms. The van der Waals surface area contributed by atoms with Gasteiger partial charge in [-0.2, -0.15) is 0 Å². The van der Waals surface area contributed by atoms with Crippen molar-refractivity contribution in [3.63, 3.8) is 0 Å². The van der Waals surface area contributed by atoms with Crippen molar-refractivity contribution >= 4 is 28.5 Å². The first kappa shape index (κ1) is 15.2. The quantitative estimate of drug-likeness (QED) is 0.506. The molecule has 1 atom stereocenters. The van der Waals surface area contributed by atoms with Crippen molar-refractivity contribution in [1.29, 1.82) is 0 Å². The second kappa shape index (κ2) is 7.03. The number of anilines is 1. The van der Waals surface area contributed by atoms with Gasteiger partial charge in [-0.3, -0.25) is 10.1 Å². The third kappa shape index (κ3) is 4.16. The molecule has 0 radical (unpaired) electrons. The Labute approximate surface area is 126 Å². The molecule has 0 saturated carbocycles. The molecule has 1 amide bonds. The molecule has 0 spiro atoms. The largest absolute Gasteiger partial charge is 0.506 e. The molecule has 1 aliphatic carbocycles. The van der Waals surface area contributed by atoms with Gasteiger partial charge in [-0.15, -0.1) is 11.3 Å². The number of hydrogen-bond donors (Lipinski definition) is 2. The maximum absolute atomic E-state index is 11.7. The monoisotopic (exact) mass is 308 g/mol. The maximum Gasteiger partial charge on any atom is 0.506 e. The van der Waals surface area contributed by atoms with E-state index in [0.29, 0.717) is 17.2 Å². The van der Waals surface area contributed by atoms with Crippen LogP contribution in [-0.2, 0) is 16.0 Å². The van der Waals surface area contributed by atoms with E-state index in [1.807, 2.05) is 13.0 Å². The molecule has 1 aliphatic rings. The zero-order valence-electron chi connectivity index (χ0n) is 11.5. The Morgan fingerprint density at radius 3 is 3.00 bits per heavy atom. The summed E-state index contributed by atoms with van der Waals surface area (Å²) in [4.78, 5) is 27.6. The second-order valence-corrected chi connectivity index (χ2v) is 5.55. The number of thiazole rings is 1. The molecule has 1 heterocycles. The van der Waals surface area contributed by atoms with Gasteiger partial charge in [0.05, 0.1) is 5.69 Å². The van der Waals surface area contributed by atoms with Crippen LogP contribution in [-0.4, -0.2) is 22.2 Å². The molecule has 21 heavy (non-hydrogen) atoms. The molecule has 0 bridgehead atoms. The van der Waals surface area contributed by atoms with E-state index in [0.717, 1.165) is 17.7 Å². The first-order chi connectivity index (χ1) is 10.1. The van der Waals surface area contributed by atoms with Gasteiger partial charge in [-0.05, 0) is 26.2 Å². The number of aromatic nitrogens is 1. The standard InChI is InChI=1S/C14H16N2O4S/c1-2-3-4-8-11(17)15-13-16-12-9(20-14(18)19)6-5-7-10(12)21-13/h2-4,8-9H,5-7H2,1H3,(H,18,19)(H,15,16,17). The van der Waals surface area contributed by atoms with Crippen molar-refractivity contribution in [2.45, 2.75) is 32.3 Å². The van der Waals surface area contributed by atoms with Gasteiger partial charge in [0.2, 0.25) is 5.91 Å². The smallest absolute Gasteiger partial charge is 0.450 e. The molecule has 1 unspecified atom stereocenters. The summed E-state index contributed by atoms with van der Waals surface area (Å²) in [6, 6.07) is 0. The van der Waals surface area contributed by atoms with Crippen LogP contribution < -0.4 is 5.32 Å². The molecular formula is C14H16N2O4S. The van der Waals surface area contributed by atoms with Crippen molar-refractivity contribution < 1.29 is 19.4 Å². The highest BCUT2D eigenvalue weighted by Gasteiger charge is 2.28. The Bertz CT molecular complexity index is 592. The zero-order valence-corrected chi connectivity index (χ0v) is 12.4. The Hall–Kier alpha value is -2.15. The first-order valence-corrected chi connectivity index (χ1v) is 7.41. The minimum atomic E-state index is -1.30. The second-order valence-electron chi connectivity index (χ2n) is 4.47. The fraction of sp³-hybridized carbons (Fsp3) is 0.357. The fourth-order valence-electron chi connectivity index (χ4n) is 2.07. The molecule has 0 fully saturated rings. The predicted molar refractivity (Wildman–Crippen MR) is 79.5 cm³/mol. The SMILES string of the molecule is CC=CC=CC(=O)Nc1nc2c(s1)CCCC2OC(=O)O. The number of carbonyl (C=O) groups excluding carboxylic acids is 1. The molecule has 1 aromatic heterocycles. The third-order valence-electron chi connectivity index (χ3n) is 2.93. The molecule has 0 aliphatic heterocycles. The summed E-state index contributed by atoms with van der Waals surface area (Å²) in [6.45, 7) is 1.86. The van der Waals surface area contributed by atoms with Crippen LogP contribution in [0.25, 0.3) is 0 Å². The lowest BCUT2D eigenvalue weighted by molar-refractivity contribution is -0.111. The van der Waals surface area contributed by atoms with E-state index in [4.69, 9.17) is 9.84 Å². The van der Waals surface area contributed by atoms with E-state index in [1.165, 1.54) is 17.4 Å². The van der Waals surface area contributed by atoms with Crippen molar-refractivity contribution in [3.05, 3.63) is 34.9 Å². The number of rotatable bonds is 4. The minimum Gasteiger partial charge on any atom is -0.450 e. The van der Waals surface area contributed by atoms with E-state index in [2.05, 4.69) is 10.3 Å². The van der Waals surface area contributed by atoms with Gasteiger partial charge in [-0.25, -0.2) is 9.78 Å². The lowest BCUT2D eigenvalue weighted by atomic mass is 10.0. The van der Waals surface area contributed by atoms with Gasteiger partial charge in [0.25, 0.3) is 0 Å². The van der Waals surface area contributed by atoms with Crippen molar-refractivity contribution in [1.82, 2.24) is 4.98 Å². The number of fused-ring (bicyclic) bond motifs is 1. The Kier molecular flexibility index (Phi) is 5.10. The lowest BCUT2D eigenvalue weighted by Crippen LogP contribution is -2.15. The number of ether oxygens (including phenoxy) is 1. The van der Waals surface area contributed by atoms with Crippen LogP contribution in [0.5, 0.6) is 0 Å². The van der Waals surface area contributed by atoms with Crippen LogP contribution in [0.1, 0.15) is 36.4 Å². The summed E-state index contributed by atoms with van der Waals surface area (Å²) in [7, 11) is 0. The van der Waals surface area contributed by atoms with E-state index < -0.39 is 12.3 Å². The van der Waals surface area contributed by atoms with Crippen molar-refractivity contribution in [2.75, 3.05) is 5.32 Å². The number of allylic oxidation sites excluding steroid dienone is 3. The summed E-state index contributed by atoms with van der Waals surface area (Å²) in [5.41, 5.74) is 0.626. The van der Waals surface area contributed by atoms with Gasteiger partial charge in [0.15, 0.2) is 5.13 Å². The maximum atomic E-state index is 11.7. The van der Waals surface area contributed by atoms with E-state index >= 15 is 0 Å². The van der Waals surface area contributed by atoms with E-state index in [1.54, 1.807) is 12.2 Å². The highest BCUT2D eigenvalue weighted by atomic mass is 32.1. The number of aryl methyl sites for hydroxylation is 1. The molecule has 6 nitrogen and oxygen atoms in total. The summed E-state index contributed by atoms with van der Waals surface area (Å²) in [6.07, 6.45) is 7.08. The molecule has 1 aromatic rings. The van der Waals surface area contributed by atoms with Crippen LogP contribution in [0.4, 0.5) is 9.93 Å². The molecule has 112 valence electrons. The summed E-state index contributed by atoms with van der Waals surface area (Å²) in [5, 5.41) is 11.9. The highest BCUT2D eigenvalue weighted by Crippen LogP contribution is 2.37. The summed E-state index contributed by atoms with van der Waals surface area (Å²) in [5.74, 6) is -0.269. The van der Waals surface area contributed by atoms with Crippen LogP contribution in [0.15, 0.2) is 24.3 Å². The molecular weight excluding hydrogens is 292 g/mol. The number of carbonyl (C=O) groups is 2.